The zero-order chi connectivity index (χ0) is 18.9. The van der Waals surface area contributed by atoms with Crippen LogP contribution in [0.1, 0.15) is 21.7 Å². The van der Waals surface area contributed by atoms with Crippen LogP contribution in [0.15, 0.2) is 51.9 Å². The fourth-order valence-corrected chi connectivity index (χ4v) is 3.47. The Labute approximate surface area is 149 Å². The lowest BCUT2D eigenvalue weighted by molar-refractivity contribution is 0.0696. The molecule has 0 fully saturated rings. The number of sulfonamides is 1. The van der Waals surface area contributed by atoms with Crippen LogP contribution in [0.5, 0.6) is 0 Å². The van der Waals surface area contributed by atoms with E-state index in [2.05, 4.69) is 14.9 Å². The van der Waals surface area contributed by atoms with Gasteiger partial charge in [-0.05, 0) is 43.7 Å². The van der Waals surface area contributed by atoms with Gasteiger partial charge < -0.3 is 9.63 Å². The van der Waals surface area contributed by atoms with Crippen molar-refractivity contribution in [2.75, 3.05) is 4.72 Å². The molecule has 134 valence electrons. The fraction of sp³-hybridized carbons (Fsp3) is 0.118. The Morgan fingerprint density at radius 1 is 1.15 bits per heavy atom. The van der Waals surface area contributed by atoms with Gasteiger partial charge >= 0.3 is 5.97 Å². The number of carboxylic acids is 1. The highest BCUT2D eigenvalue weighted by atomic mass is 32.2. The highest BCUT2D eigenvalue weighted by Gasteiger charge is 2.20. The third kappa shape index (κ3) is 3.42. The van der Waals surface area contributed by atoms with Crippen LogP contribution in [-0.2, 0) is 10.0 Å². The Morgan fingerprint density at radius 3 is 2.54 bits per heavy atom. The highest BCUT2D eigenvalue weighted by Crippen LogP contribution is 2.28. The molecule has 0 saturated carbocycles. The number of hydrogen-bond donors (Lipinski definition) is 2. The Bertz CT molecular complexity index is 1090. The Morgan fingerprint density at radius 2 is 1.88 bits per heavy atom. The van der Waals surface area contributed by atoms with Gasteiger partial charge in [-0.15, -0.1) is 0 Å². The number of aromatic carboxylic acids is 1. The van der Waals surface area contributed by atoms with E-state index in [4.69, 9.17) is 4.52 Å². The molecule has 0 aliphatic heterocycles. The molecule has 0 atom stereocenters. The number of benzene rings is 2. The zero-order valence-electron chi connectivity index (χ0n) is 13.9. The van der Waals surface area contributed by atoms with Crippen LogP contribution in [0.2, 0.25) is 0 Å². The molecule has 3 aromatic rings. The van der Waals surface area contributed by atoms with Crippen molar-refractivity contribution in [3.05, 3.63) is 59.4 Å². The normalized spacial score (nSPS) is 11.3. The average molecular weight is 373 g/mol. The number of nitrogens with one attached hydrogen (secondary N) is 1. The largest absolute Gasteiger partial charge is 0.478 e. The first-order valence-corrected chi connectivity index (χ1v) is 9.03. The monoisotopic (exact) mass is 373 g/mol. The maximum absolute atomic E-state index is 12.7. The lowest BCUT2D eigenvalue weighted by Gasteiger charge is -2.12. The lowest BCUT2D eigenvalue weighted by Crippen LogP contribution is -2.15. The van der Waals surface area contributed by atoms with Gasteiger partial charge in [-0.2, -0.15) is 4.98 Å². The molecule has 1 aromatic heterocycles. The van der Waals surface area contributed by atoms with E-state index in [0.717, 1.165) is 6.07 Å². The zero-order valence-corrected chi connectivity index (χ0v) is 14.7. The van der Waals surface area contributed by atoms with Gasteiger partial charge in [-0.3, -0.25) is 4.72 Å². The van der Waals surface area contributed by atoms with Crippen molar-refractivity contribution < 1.29 is 22.8 Å². The number of aryl methyl sites for hydroxylation is 2. The van der Waals surface area contributed by atoms with Gasteiger partial charge in [-0.1, -0.05) is 23.4 Å². The molecular formula is C17H15N3O5S. The summed E-state index contributed by atoms with van der Waals surface area (Å²) >= 11 is 0. The van der Waals surface area contributed by atoms with Crippen LogP contribution in [0, 0.1) is 13.8 Å². The molecule has 9 heteroatoms. The number of para-hydroxylation sites is 1. The Hall–Kier alpha value is -3.20. The van der Waals surface area contributed by atoms with Crippen molar-refractivity contribution in [1.82, 2.24) is 10.1 Å². The molecule has 0 bridgehead atoms. The predicted molar refractivity (Wildman–Crippen MR) is 93.4 cm³/mol. The number of anilines is 1. The standard InChI is InChI=1S/C17H15N3O5S/c1-10-7-8-12(9-14(10)17(21)22)26(23,24)20-15-6-4-3-5-13(15)16-18-11(2)19-25-16/h3-9,20H,1-2H3,(H,21,22). The van der Waals surface area contributed by atoms with E-state index < -0.39 is 16.0 Å². The van der Waals surface area contributed by atoms with Crippen molar-refractivity contribution in [3.8, 4) is 11.5 Å². The molecule has 0 aliphatic carbocycles. The minimum Gasteiger partial charge on any atom is -0.478 e. The number of nitrogens with zero attached hydrogens (tertiary/aromatic N) is 2. The Kier molecular flexibility index (Phi) is 4.47. The van der Waals surface area contributed by atoms with Crippen molar-refractivity contribution in [3.63, 3.8) is 0 Å². The van der Waals surface area contributed by atoms with Gasteiger partial charge in [0.2, 0.25) is 0 Å². The van der Waals surface area contributed by atoms with Gasteiger partial charge in [0.1, 0.15) is 0 Å². The number of carbonyl (C=O) groups is 1. The molecule has 0 amide bonds. The molecule has 2 aromatic carbocycles. The first-order chi connectivity index (χ1) is 12.3. The second-order valence-electron chi connectivity index (χ2n) is 5.58. The number of aromatic nitrogens is 2. The molecule has 0 radical (unpaired) electrons. The maximum Gasteiger partial charge on any atom is 0.335 e. The van der Waals surface area contributed by atoms with Crippen molar-refractivity contribution in [2.45, 2.75) is 18.7 Å². The summed E-state index contributed by atoms with van der Waals surface area (Å²) in [6, 6.07) is 10.5. The van der Waals surface area contributed by atoms with E-state index >= 15 is 0 Å². The Balaban J connectivity index is 2.02. The first-order valence-electron chi connectivity index (χ1n) is 7.54. The molecule has 0 aliphatic rings. The molecule has 0 unspecified atom stereocenters. The smallest absolute Gasteiger partial charge is 0.335 e. The first kappa shape index (κ1) is 17.6. The molecule has 8 nitrogen and oxygen atoms in total. The minimum absolute atomic E-state index is 0.0753. The number of hydrogen-bond acceptors (Lipinski definition) is 6. The van der Waals surface area contributed by atoms with E-state index in [1.165, 1.54) is 12.1 Å². The van der Waals surface area contributed by atoms with E-state index in [1.807, 2.05) is 0 Å². The van der Waals surface area contributed by atoms with E-state index in [0.29, 0.717) is 17.0 Å². The van der Waals surface area contributed by atoms with Crippen LogP contribution in [0.25, 0.3) is 11.5 Å². The van der Waals surface area contributed by atoms with Crippen LogP contribution >= 0.6 is 0 Å². The second-order valence-corrected chi connectivity index (χ2v) is 7.26. The fourth-order valence-electron chi connectivity index (χ4n) is 2.37. The summed E-state index contributed by atoms with van der Waals surface area (Å²) < 4.78 is 33.0. The van der Waals surface area contributed by atoms with Gasteiger partial charge in [0.25, 0.3) is 15.9 Å². The van der Waals surface area contributed by atoms with Crippen LogP contribution in [-0.4, -0.2) is 29.6 Å². The lowest BCUT2D eigenvalue weighted by atomic mass is 10.1. The summed E-state index contributed by atoms with van der Waals surface area (Å²) in [7, 11) is -4.01. The number of carboxylic acid groups (broad SMARTS) is 1. The van der Waals surface area contributed by atoms with Crippen LogP contribution < -0.4 is 4.72 Å². The minimum atomic E-state index is -4.01. The summed E-state index contributed by atoms with van der Waals surface area (Å²) in [6.45, 7) is 3.25. The SMILES string of the molecule is Cc1noc(-c2ccccc2NS(=O)(=O)c2ccc(C)c(C(=O)O)c2)n1. The second kappa shape index (κ2) is 6.60. The van der Waals surface area contributed by atoms with Crippen molar-refractivity contribution >= 4 is 21.7 Å². The summed E-state index contributed by atoms with van der Waals surface area (Å²) in [5.41, 5.74) is 1.06. The van der Waals surface area contributed by atoms with E-state index in [1.54, 1.807) is 38.1 Å². The van der Waals surface area contributed by atoms with E-state index in [-0.39, 0.29) is 22.0 Å². The topological polar surface area (TPSA) is 122 Å². The van der Waals surface area contributed by atoms with Gasteiger partial charge in [0.15, 0.2) is 5.82 Å². The molecule has 1 heterocycles. The summed E-state index contributed by atoms with van der Waals surface area (Å²) in [4.78, 5) is 15.2. The molecule has 0 saturated heterocycles. The summed E-state index contributed by atoms with van der Waals surface area (Å²) in [6.07, 6.45) is 0. The average Bonchev–Trinajstić information content (AvgIpc) is 3.01. The quantitative estimate of drug-likeness (QED) is 0.705. The van der Waals surface area contributed by atoms with Crippen LogP contribution in [0.3, 0.4) is 0 Å². The summed E-state index contributed by atoms with van der Waals surface area (Å²) in [5.74, 6) is -0.598. The highest BCUT2D eigenvalue weighted by molar-refractivity contribution is 7.92. The van der Waals surface area contributed by atoms with Gasteiger partial charge in [0.05, 0.1) is 21.7 Å². The van der Waals surface area contributed by atoms with Crippen molar-refractivity contribution in [1.29, 1.82) is 0 Å². The maximum atomic E-state index is 12.7. The van der Waals surface area contributed by atoms with E-state index in [9.17, 15) is 18.3 Å². The molecular weight excluding hydrogens is 358 g/mol. The third-order valence-corrected chi connectivity index (χ3v) is 5.04. The summed E-state index contributed by atoms with van der Waals surface area (Å²) in [5, 5.41) is 12.9. The van der Waals surface area contributed by atoms with Crippen LogP contribution in [0.4, 0.5) is 5.69 Å². The molecule has 2 N–H and O–H groups in total. The third-order valence-electron chi connectivity index (χ3n) is 3.68. The number of rotatable bonds is 5. The predicted octanol–water partition coefficient (Wildman–Crippen LogP) is 2.85. The van der Waals surface area contributed by atoms with Gasteiger partial charge in [-0.25, -0.2) is 13.2 Å². The molecule has 3 rings (SSSR count). The van der Waals surface area contributed by atoms with Crippen molar-refractivity contribution in [2.24, 2.45) is 0 Å². The van der Waals surface area contributed by atoms with Gasteiger partial charge in [0, 0.05) is 0 Å². The molecule has 26 heavy (non-hydrogen) atoms. The molecule has 0 spiro atoms.